The van der Waals surface area contributed by atoms with Crippen LogP contribution in [0.25, 0.3) is 21.5 Å². The number of carboxylic acid groups (broad SMARTS) is 4. The Morgan fingerprint density at radius 1 is 0.545 bits per heavy atom. The Bertz CT molecular complexity index is 1050. The average Bonchev–Trinajstić information content (AvgIpc) is 2.64. The molecule has 3 rings (SSSR count). The molecule has 0 aliphatic carbocycles. The maximum Gasteiger partial charge on any atom is 1.00 e. The SMILES string of the molecule is O=C([O-])C(C(=O)[O-])C(c1c2ccccc2cc2ccccc12)C(C(=O)[O-])C(=O)[O-].[K+].[K+].[K+].[K+]. The van der Waals surface area contributed by atoms with Gasteiger partial charge in [-0.05, 0) is 33.2 Å². The molecule has 0 N–H and O–H groups in total. The van der Waals surface area contributed by atoms with Gasteiger partial charge in [0.25, 0.3) is 0 Å². The number of aliphatic carboxylic acids is 4. The van der Waals surface area contributed by atoms with Crippen molar-refractivity contribution in [3.63, 3.8) is 0 Å². The van der Waals surface area contributed by atoms with Gasteiger partial charge in [0.15, 0.2) is 0 Å². The molecule has 33 heavy (non-hydrogen) atoms. The van der Waals surface area contributed by atoms with Crippen LogP contribution in [0.15, 0.2) is 54.6 Å². The summed E-state index contributed by atoms with van der Waals surface area (Å²) in [5, 5.41) is 48.1. The van der Waals surface area contributed by atoms with Gasteiger partial charge in [0, 0.05) is 17.8 Å². The predicted molar refractivity (Wildman–Crippen MR) is 91.2 cm³/mol. The fourth-order valence-corrected chi connectivity index (χ4v) is 3.71. The van der Waals surface area contributed by atoms with E-state index in [9.17, 15) is 39.6 Å². The average molecular weight is 549 g/mol. The predicted octanol–water partition coefficient (Wildman–Crippen LogP) is -14.7. The molecule has 3 aromatic rings. The number of rotatable bonds is 7. The molecule has 3 aromatic carbocycles. The zero-order valence-electron chi connectivity index (χ0n) is 18.7. The third kappa shape index (κ3) is 8.81. The summed E-state index contributed by atoms with van der Waals surface area (Å²) in [6.07, 6.45) is 0. The summed E-state index contributed by atoms with van der Waals surface area (Å²) in [6, 6.07) is 14.5. The number of carbonyl (C=O) groups excluding carboxylic acids is 4. The molecule has 148 valence electrons. The van der Waals surface area contributed by atoms with Gasteiger partial charge in [-0.1, -0.05) is 48.5 Å². The van der Waals surface area contributed by atoms with Gasteiger partial charge in [-0.15, -0.1) is 0 Å². The Hall–Kier alpha value is 2.61. The van der Waals surface area contributed by atoms with Gasteiger partial charge in [0.1, 0.15) is 0 Å². The molecular weight excluding hydrogens is 537 g/mol. The molecule has 0 spiro atoms. The second kappa shape index (κ2) is 17.2. The van der Waals surface area contributed by atoms with Crippen molar-refractivity contribution in [3.05, 3.63) is 60.2 Å². The molecule has 8 nitrogen and oxygen atoms in total. The number of carbonyl (C=O) groups is 4. The van der Waals surface area contributed by atoms with Crippen LogP contribution in [0.4, 0.5) is 0 Å². The van der Waals surface area contributed by atoms with Crippen LogP contribution in [0, 0.1) is 11.8 Å². The third-order valence-corrected chi connectivity index (χ3v) is 4.88. The van der Waals surface area contributed by atoms with Gasteiger partial charge >= 0.3 is 206 Å². The first kappa shape index (κ1) is 37.8. The molecule has 0 fully saturated rings. The molecule has 0 radical (unpaired) electrons. The summed E-state index contributed by atoms with van der Waals surface area (Å²) in [5.74, 6) is -16.0. The van der Waals surface area contributed by atoms with E-state index in [2.05, 4.69) is 0 Å². The first-order valence-electron chi connectivity index (χ1n) is 8.48. The number of benzene rings is 3. The molecule has 0 saturated carbocycles. The van der Waals surface area contributed by atoms with Crippen molar-refractivity contribution in [2.75, 3.05) is 0 Å². The molecule has 0 amide bonds. The molecule has 0 aliphatic rings. The third-order valence-electron chi connectivity index (χ3n) is 4.88. The Morgan fingerprint density at radius 3 is 1.15 bits per heavy atom. The summed E-state index contributed by atoms with van der Waals surface area (Å²) in [4.78, 5) is 46.5. The Balaban J connectivity index is 0. The molecule has 0 atom stereocenters. The van der Waals surface area contributed by atoms with Crippen LogP contribution < -0.4 is 226 Å². The molecule has 0 aromatic heterocycles. The second-order valence-electron chi connectivity index (χ2n) is 6.49. The summed E-state index contributed by atoms with van der Waals surface area (Å²) >= 11 is 0. The number of carboxylic acids is 4. The Morgan fingerprint density at radius 2 is 0.848 bits per heavy atom. The zero-order chi connectivity index (χ0) is 21.3. The van der Waals surface area contributed by atoms with Crippen LogP contribution in [-0.4, -0.2) is 23.9 Å². The summed E-state index contributed by atoms with van der Waals surface area (Å²) in [5.41, 5.74) is -0.0875. The van der Waals surface area contributed by atoms with Crippen molar-refractivity contribution >= 4 is 45.4 Å². The van der Waals surface area contributed by atoms with Gasteiger partial charge in [-0.25, -0.2) is 0 Å². The van der Waals surface area contributed by atoms with Gasteiger partial charge in [0.05, 0.1) is 23.9 Å². The molecule has 0 saturated heterocycles. The number of hydrogen-bond donors (Lipinski definition) is 0. The molecule has 12 heteroatoms. The van der Waals surface area contributed by atoms with E-state index in [1.165, 1.54) is 12.1 Å². The van der Waals surface area contributed by atoms with E-state index in [-0.39, 0.29) is 222 Å². The van der Waals surface area contributed by atoms with Crippen LogP contribution in [0.2, 0.25) is 0 Å². The van der Waals surface area contributed by atoms with Crippen molar-refractivity contribution in [1.82, 2.24) is 0 Å². The van der Waals surface area contributed by atoms with Crippen LogP contribution in [-0.2, 0) is 19.2 Å². The van der Waals surface area contributed by atoms with Crippen molar-refractivity contribution in [1.29, 1.82) is 0 Å². The Labute approximate surface area is 359 Å². The molecular formula is C21H12K4O8. The minimum Gasteiger partial charge on any atom is -0.549 e. The first-order valence-corrected chi connectivity index (χ1v) is 8.48. The molecule has 0 heterocycles. The maximum absolute atomic E-state index is 11.6. The van der Waals surface area contributed by atoms with Crippen LogP contribution in [0.1, 0.15) is 11.5 Å². The van der Waals surface area contributed by atoms with E-state index in [4.69, 9.17) is 0 Å². The minimum atomic E-state index is -2.58. The standard InChI is InChI=1S/C21H16O8.4K/c22-18(23)16(19(24)25)15(17(20(26)27)21(28)29)14-12-7-3-1-5-10(12)9-11-6-2-4-8-13(11)14;;;;/h1-9,15-17H,(H,22,23)(H,24,25)(H,26,27)(H,28,29);;;;/q;4*+1/p-4. The van der Waals surface area contributed by atoms with Crippen molar-refractivity contribution in [2.45, 2.75) is 5.92 Å². The quantitative estimate of drug-likeness (QED) is 0.160. The topological polar surface area (TPSA) is 161 Å². The van der Waals surface area contributed by atoms with E-state index in [0.29, 0.717) is 10.8 Å². The summed E-state index contributed by atoms with van der Waals surface area (Å²) in [7, 11) is 0. The van der Waals surface area contributed by atoms with E-state index in [0.717, 1.165) is 0 Å². The molecule has 0 aliphatic heterocycles. The molecule has 0 unspecified atom stereocenters. The zero-order valence-corrected chi connectivity index (χ0v) is 31.2. The van der Waals surface area contributed by atoms with Crippen molar-refractivity contribution in [2.24, 2.45) is 11.8 Å². The normalized spacial score (nSPS) is 10.0. The van der Waals surface area contributed by atoms with Gasteiger partial charge in [-0.3, -0.25) is 0 Å². The molecule has 0 bridgehead atoms. The van der Waals surface area contributed by atoms with E-state index in [1.807, 2.05) is 0 Å². The van der Waals surface area contributed by atoms with Crippen molar-refractivity contribution in [3.8, 4) is 0 Å². The number of fused-ring (bicyclic) bond motifs is 2. The first-order chi connectivity index (χ1) is 13.7. The summed E-state index contributed by atoms with van der Waals surface area (Å²) in [6.45, 7) is 0. The van der Waals surface area contributed by atoms with Gasteiger partial charge in [0.2, 0.25) is 0 Å². The second-order valence-corrected chi connectivity index (χ2v) is 6.49. The fourth-order valence-electron chi connectivity index (χ4n) is 3.71. The monoisotopic (exact) mass is 548 g/mol. The summed E-state index contributed by atoms with van der Waals surface area (Å²) < 4.78 is 0. The van der Waals surface area contributed by atoms with E-state index < -0.39 is 41.6 Å². The van der Waals surface area contributed by atoms with Crippen molar-refractivity contribution < 1.29 is 245 Å². The maximum atomic E-state index is 11.6. The fraction of sp³-hybridized carbons (Fsp3) is 0.143. The Kier molecular flexibility index (Phi) is 19.7. The van der Waals surface area contributed by atoms with E-state index in [1.54, 1.807) is 42.5 Å². The van der Waals surface area contributed by atoms with Crippen LogP contribution in [0.5, 0.6) is 0 Å². The minimum absolute atomic E-state index is 0. The largest absolute Gasteiger partial charge is 1.00 e. The number of hydrogen-bond acceptors (Lipinski definition) is 8. The smallest absolute Gasteiger partial charge is 0.549 e. The van der Waals surface area contributed by atoms with Crippen LogP contribution >= 0.6 is 0 Å². The van der Waals surface area contributed by atoms with Crippen LogP contribution in [0.3, 0.4) is 0 Å². The van der Waals surface area contributed by atoms with E-state index >= 15 is 0 Å². The van der Waals surface area contributed by atoms with Gasteiger partial charge in [-0.2, -0.15) is 0 Å². The van der Waals surface area contributed by atoms with Gasteiger partial charge < -0.3 is 39.6 Å².